The van der Waals surface area contributed by atoms with Gasteiger partial charge in [0, 0.05) is 36.4 Å². The van der Waals surface area contributed by atoms with Crippen molar-refractivity contribution in [3.8, 4) is 0 Å². The molecule has 1 atom stereocenters. The van der Waals surface area contributed by atoms with Gasteiger partial charge in [0.15, 0.2) is 0 Å². The van der Waals surface area contributed by atoms with E-state index in [0.29, 0.717) is 17.6 Å². The van der Waals surface area contributed by atoms with Crippen LogP contribution >= 0.6 is 24.0 Å². The van der Waals surface area contributed by atoms with Crippen molar-refractivity contribution in [2.45, 2.75) is 19.9 Å². The van der Waals surface area contributed by atoms with Crippen LogP contribution in [0.25, 0.3) is 0 Å². The average Bonchev–Trinajstić information content (AvgIpc) is 2.37. The van der Waals surface area contributed by atoms with E-state index in [1.54, 1.807) is 6.07 Å². The van der Waals surface area contributed by atoms with Crippen molar-refractivity contribution < 1.29 is 4.79 Å². The molecule has 1 heterocycles. The Labute approximate surface area is 131 Å². The summed E-state index contributed by atoms with van der Waals surface area (Å²) < 4.78 is 0. The second kappa shape index (κ2) is 7.84. The molecule has 1 aliphatic heterocycles. The van der Waals surface area contributed by atoms with E-state index in [0.717, 1.165) is 30.9 Å². The van der Waals surface area contributed by atoms with Gasteiger partial charge in [-0.3, -0.25) is 9.69 Å². The minimum atomic E-state index is 0. The molecule has 2 rings (SSSR count). The molecule has 0 bridgehead atoms. The Morgan fingerprint density at radius 1 is 1.55 bits per heavy atom. The number of carbonyl (C=O) groups excluding carboxylic acids is 1. The number of anilines is 1. The van der Waals surface area contributed by atoms with Crippen LogP contribution in [0.1, 0.15) is 12.5 Å². The smallest absolute Gasteiger partial charge is 0.238 e. The summed E-state index contributed by atoms with van der Waals surface area (Å²) in [5.74, 6) is 0.00803. The molecule has 20 heavy (non-hydrogen) atoms. The molecule has 0 unspecified atom stereocenters. The van der Waals surface area contributed by atoms with E-state index in [4.69, 9.17) is 11.6 Å². The summed E-state index contributed by atoms with van der Waals surface area (Å²) in [5, 5.41) is 6.88. The van der Waals surface area contributed by atoms with Crippen LogP contribution < -0.4 is 10.6 Å². The molecule has 1 aliphatic rings. The second-order valence-corrected chi connectivity index (χ2v) is 5.44. The SMILES string of the molecule is Cc1ccc(NC(=O)CN2CCNC[C@H]2C)cc1Cl.Cl. The fraction of sp³-hybridized carbons (Fsp3) is 0.500. The van der Waals surface area contributed by atoms with Crippen molar-refractivity contribution in [2.75, 3.05) is 31.5 Å². The quantitative estimate of drug-likeness (QED) is 0.899. The molecule has 4 nitrogen and oxygen atoms in total. The van der Waals surface area contributed by atoms with Crippen molar-refractivity contribution in [2.24, 2.45) is 0 Å². The van der Waals surface area contributed by atoms with Gasteiger partial charge >= 0.3 is 0 Å². The van der Waals surface area contributed by atoms with Gasteiger partial charge in [-0.05, 0) is 31.5 Å². The highest BCUT2D eigenvalue weighted by Crippen LogP contribution is 2.19. The molecule has 1 fully saturated rings. The fourth-order valence-electron chi connectivity index (χ4n) is 2.17. The van der Waals surface area contributed by atoms with Crippen molar-refractivity contribution in [1.82, 2.24) is 10.2 Å². The molecule has 6 heteroatoms. The van der Waals surface area contributed by atoms with Gasteiger partial charge < -0.3 is 10.6 Å². The number of nitrogens with one attached hydrogen (secondary N) is 2. The number of hydrogen-bond donors (Lipinski definition) is 2. The number of halogens is 2. The van der Waals surface area contributed by atoms with Gasteiger partial charge in [0.1, 0.15) is 0 Å². The van der Waals surface area contributed by atoms with Gasteiger partial charge in [0.25, 0.3) is 0 Å². The van der Waals surface area contributed by atoms with Crippen LogP contribution in [0.4, 0.5) is 5.69 Å². The molecule has 112 valence electrons. The molecule has 1 aromatic carbocycles. The van der Waals surface area contributed by atoms with E-state index in [9.17, 15) is 4.79 Å². The van der Waals surface area contributed by atoms with Gasteiger partial charge in [0.05, 0.1) is 6.54 Å². The number of hydrogen-bond acceptors (Lipinski definition) is 3. The number of rotatable bonds is 3. The van der Waals surface area contributed by atoms with Gasteiger partial charge in [0.2, 0.25) is 5.91 Å². The van der Waals surface area contributed by atoms with Crippen molar-refractivity contribution >= 4 is 35.6 Å². The molecule has 1 aromatic rings. The summed E-state index contributed by atoms with van der Waals surface area (Å²) in [4.78, 5) is 14.2. The third-order valence-corrected chi connectivity index (χ3v) is 3.85. The lowest BCUT2D eigenvalue weighted by Crippen LogP contribution is -2.51. The van der Waals surface area contributed by atoms with Gasteiger partial charge in [-0.2, -0.15) is 0 Å². The molecule has 1 saturated heterocycles. The predicted octanol–water partition coefficient (Wildman–Crippen LogP) is 2.30. The van der Waals surface area contributed by atoms with Crippen LogP contribution in [0.3, 0.4) is 0 Å². The van der Waals surface area contributed by atoms with E-state index >= 15 is 0 Å². The van der Waals surface area contributed by atoms with Gasteiger partial charge in [-0.1, -0.05) is 17.7 Å². The molecule has 0 aromatic heterocycles. The van der Waals surface area contributed by atoms with E-state index < -0.39 is 0 Å². The molecule has 2 N–H and O–H groups in total. The molecule has 1 amide bonds. The maximum atomic E-state index is 12.0. The third-order valence-electron chi connectivity index (χ3n) is 3.44. The topological polar surface area (TPSA) is 44.4 Å². The molecular formula is C14H21Cl2N3O. The Bertz CT molecular complexity index is 468. The Balaban J connectivity index is 0.00000200. The van der Waals surface area contributed by atoms with E-state index in [-0.39, 0.29) is 18.3 Å². The van der Waals surface area contributed by atoms with E-state index in [1.165, 1.54) is 0 Å². The molecule has 0 radical (unpaired) electrons. The summed E-state index contributed by atoms with van der Waals surface area (Å²) >= 11 is 6.04. The Hall–Kier alpha value is -0.810. The second-order valence-electron chi connectivity index (χ2n) is 5.04. The minimum Gasteiger partial charge on any atom is -0.325 e. The number of aryl methyl sites for hydroxylation is 1. The first-order valence-corrected chi connectivity index (χ1v) is 6.95. The van der Waals surface area contributed by atoms with Crippen LogP contribution in [0.2, 0.25) is 5.02 Å². The largest absolute Gasteiger partial charge is 0.325 e. The zero-order chi connectivity index (χ0) is 13.8. The lowest BCUT2D eigenvalue weighted by Gasteiger charge is -2.33. The van der Waals surface area contributed by atoms with Crippen molar-refractivity contribution in [3.63, 3.8) is 0 Å². The van der Waals surface area contributed by atoms with Crippen LogP contribution in [-0.4, -0.2) is 43.0 Å². The number of carbonyl (C=O) groups is 1. The van der Waals surface area contributed by atoms with Crippen LogP contribution in [0, 0.1) is 6.92 Å². The molecule has 0 saturated carbocycles. The Morgan fingerprint density at radius 2 is 2.30 bits per heavy atom. The zero-order valence-electron chi connectivity index (χ0n) is 11.8. The number of benzene rings is 1. The lowest BCUT2D eigenvalue weighted by molar-refractivity contribution is -0.118. The first-order valence-electron chi connectivity index (χ1n) is 6.57. The monoisotopic (exact) mass is 317 g/mol. The average molecular weight is 318 g/mol. The summed E-state index contributed by atoms with van der Waals surface area (Å²) in [6.45, 7) is 7.27. The van der Waals surface area contributed by atoms with Crippen LogP contribution in [-0.2, 0) is 4.79 Å². The van der Waals surface area contributed by atoms with Gasteiger partial charge in [-0.15, -0.1) is 12.4 Å². The van der Waals surface area contributed by atoms with Crippen LogP contribution in [0.5, 0.6) is 0 Å². The maximum Gasteiger partial charge on any atom is 0.238 e. The summed E-state index contributed by atoms with van der Waals surface area (Å²) in [6.07, 6.45) is 0. The van der Waals surface area contributed by atoms with E-state index in [1.807, 2.05) is 19.1 Å². The Morgan fingerprint density at radius 3 is 2.95 bits per heavy atom. The lowest BCUT2D eigenvalue weighted by atomic mass is 10.2. The summed E-state index contributed by atoms with van der Waals surface area (Å²) in [6, 6.07) is 5.96. The third kappa shape index (κ3) is 4.63. The highest BCUT2D eigenvalue weighted by atomic mass is 35.5. The minimum absolute atomic E-state index is 0. The molecule has 0 spiro atoms. The predicted molar refractivity (Wildman–Crippen MR) is 86.0 cm³/mol. The van der Waals surface area contributed by atoms with E-state index in [2.05, 4.69) is 22.5 Å². The number of amides is 1. The highest BCUT2D eigenvalue weighted by Gasteiger charge is 2.20. The Kier molecular flexibility index (Phi) is 6.76. The first kappa shape index (κ1) is 17.2. The van der Waals surface area contributed by atoms with Crippen molar-refractivity contribution in [3.05, 3.63) is 28.8 Å². The fourth-order valence-corrected chi connectivity index (χ4v) is 2.35. The first-order chi connectivity index (χ1) is 9.06. The van der Waals surface area contributed by atoms with Crippen LogP contribution in [0.15, 0.2) is 18.2 Å². The normalized spacial score (nSPS) is 19.2. The summed E-state index contributed by atoms with van der Waals surface area (Å²) in [7, 11) is 0. The molecular weight excluding hydrogens is 297 g/mol. The molecule has 0 aliphatic carbocycles. The highest BCUT2D eigenvalue weighted by molar-refractivity contribution is 6.31. The number of nitrogens with zero attached hydrogens (tertiary/aromatic N) is 1. The van der Waals surface area contributed by atoms with Crippen molar-refractivity contribution in [1.29, 1.82) is 0 Å². The maximum absolute atomic E-state index is 12.0. The standard InChI is InChI=1S/C14H20ClN3O.ClH/c1-10-3-4-12(7-13(10)15)17-14(19)9-18-6-5-16-8-11(18)2;/h3-4,7,11,16H,5-6,8-9H2,1-2H3,(H,17,19);1H/t11-;/m1./s1. The zero-order valence-corrected chi connectivity index (χ0v) is 13.4. The van der Waals surface area contributed by atoms with Gasteiger partial charge in [-0.25, -0.2) is 0 Å². The number of piperazine rings is 1. The summed E-state index contributed by atoms with van der Waals surface area (Å²) in [5.41, 5.74) is 1.76.